The van der Waals surface area contributed by atoms with E-state index in [1.165, 1.54) is 13.8 Å². The molecule has 0 aliphatic rings. The number of rotatable bonds is 7. The second-order valence-corrected chi connectivity index (χ2v) is 4.25. The maximum Gasteiger partial charge on any atom is 2.00 e. The Balaban J connectivity index is -0.000000116. The molecule has 132 valence electrons. The molecule has 0 heterocycles. The number of aliphatic hydroxyl groups excluding tert-OH is 3. The van der Waals surface area contributed by atoms with Gasteiger partial charge in [0.2, 0.25) is 0 Å². The Morgan fingerprint density at radius 3 is 1.48 bits per heavy atom. The summed E-state index contributed by atoms with van der Waals surface area (Å²) < 4.78 is 4.20. The molecule has 2 unspecified atom stereocenters. The first-order chi connectivity index (χ1) is 10.1. The number of carboxylic acids is 2. The number of aliphatic hydroxyl groups is 3. The predicted molar refractivity (Wildman–Crippen MR) is 76.4 cm³/mol. The molecular weight excluding hydrogens is 340 g/mol. The molecule has 0 bridgehead atoms. The van der Waals surface area contributed by atoms with Gasteiger partial charge in [-0.3, -0.25) is 4.79 Å². The van der Waals surface area contributed by atoms with Crippen LogP contribution in [0, 0.1) is 0 Å². The summed E-state index contributed by atoms with van der Waals surface area (Å²) >= 11 is 0. The molecule has 0 amide bonds. The molecule has 3 N–H and O–H groups in total. The molecule has 0 aliphatic carbocycles. The number of aliphatic carboxylic acids is 2. The third kappa shape index (κ3) is 44.9. The fourth-order valence-electron chi connectivity index (χ4n) is 0.831. The van der Waals surface area contributed by atoms with Crippen molar-refractivity contribution in [2.24, 2.45) is 0 Å². The van der Waals surface area contributed by atoms with E-state index in [0.717, 1.165) is 6.42 Å². The first-order valence-corrected chi connectivity index (χ1v) is 6.59. The summed E-state index contributed by atoms with van der Waals surface area (Å²) in [4.78, 5) is 29.3. The summed E-state index contributed by atoms with van der Waals surface area (Å²) in [6.45, 7) is 4.17. The molecule has 0 aromatic heterocycles. The first kappa shape index (κ1) is 30.4. The first-order valence-electron chi connectivity index (χ1n) is 6.59. The Bertz CT molecular complexity index is 278. The van der Waals surface area contributed by atoms with Crippen LogP contribution in [0.1, 0.15) is 46.5 Å². The molecule has 0 rings (SSSR count). The van der Waals surface area contributed by atoms with E-state index in [-0.39, 0.29) is 56.5 Å². The molecule has 0 aliphatic heterocycles. The molecule has 0 radical (unpaired) electrons. The Kier molecular flexibility index (Phi) is 28.5. The molecule has 23 heavy (non-hydrogen) atoms. The van der Waals surface area contributed by atoms with Gasteiger partial charge in [0, 0.05) is 31.2 Å². The maximum atomic E-state index is 10.3. The number of ether oxygens (including phenoxy) is 1. The second-order valence-electron chi connectivity index (χ2n) is 4.25. The van der Waals surface area contributed by atoms with Crippen molar-refractivity contribution in [2.45, 2.75) is 58.7 Å². The van der Waals surface area contributed by atoms with Crippen LogP contribution >= 0.6 is 0 Å². The monoisotopic (exact) mass is 364 g/mol. The van der Waals surface area contributed by atoms with Gasteiger partial charge in [-0.05, 0) is 20.3 Å². The van der Waals surface area contributed by atoms with Gasteiger partial charge in [-0.2, -0.15) is 0 Å². The van der Waals surface area contributed by atoms with Crippen molar-refractivity contribution in [3.05, 3.63) is 0 Å². The van der Waals surface area contributed by atoms with E-state index in [1.54, 1.807) is 0 Å². The number of hydrogen-bond acceptors (Lipinski definition) is 9. The molecule has 0 saturated carbocycles. The van der Waals surface area contributed by atoms with E-state index in [4.69, 9.17) is 15.3 Å². The van der Waals surface area contributed by atoms with E-state index in [2.05, 4.69) is 4.74 Å². The van der Waals surface area contributed by atoms with Crippen molar-refractivity contribution in [1.29, 1.82) is 0 Å². The Morgan fingerprint density at radius 2 is 1.35 bits per heavy atom. The summed E-state index contributed by atoms with van der Waals surface area (Å²) in [6, 6.07) is 0. The van der Waals surface area contributed by atoms with Gasteiger partial charge in [-0.15, -0.1) is 0 Å². The van der Waals surface area contributed by atoms with Crippen molar-refractivity contribution in [1.82, 2.24) is 0 Å². The molecule has 0 saturated heterocycles. The van der Waals surface area contributed by atoms with Crippen molar-refractivity contribution in [3.8, 4) is 0 Å². The molecule has 0 fully saturated rings. The third-order valence-electron chi connectivity index (χ3n) is 1.60. The number of hydrogen-bond donors (Lipinski definition) is 3. The minimum atomic E-state index is -1.21. The minimum absolute atomic E-state index is 0. The van der Waals surface area contributed by atoms with Crippen LogP contribution in [-0.2, 0) is 19.1 Å². The van der Waals surface area contributed by atoms with Crippen LogP contribution < -0.4 is 10.2 Å². The Labute approximate surface area is 165 Å². The summed E-state index contributed by atoms with van der Waals surface area (Å²) in [5.41, 5.74) is 0. The summed E-state index contributed by atoms with van der Waals surface area (Å²) in [7, 11) is 0. The average molecular weight is 364 g/mol. The van der Waals surface area contributed by atoms with E-state index in [0.29, 0.717) is 6.42 Å². The fourth-order valence-corrected chi connectivity index (χ4v) is 0.831. The van der Waals surface area contributed by atoms with Crippen LogP contribution in [0.25, 0.3) is 0 Å². The fraction of sp³-hybridized carbons (Fsp3) is 0.769. The topological polar surface area (TPSA) is 167 Å². The van der Waals surface area contributed by atoms with Gasteiger partial charge in [-0.1, -0.05) is 6.92 Å². The quantitative estimate of drug-likeness (QED) is 0.241. The molecule has 0 spiro atoms. The standard InChI is InChI=1S/C5H10O3.2C4H8O3.Ca/c1-2-3-5(7)8-4-6;2*1-3(5)2-4(6)7;/h6H,2-4H2,1H3;2*3,5H,2H2,1H3,(H,6,7);/q;;;+2/p-2. The molecular formula is C13H24CaO9. The van der Waals surface area contributed by atoms with Gasteiger partial charge < -0.3 is 39.9 Å². The third-order valence-corrected chi connectivity index (χ3v) is 1.60. The van der Waals surface area contributed by atoms with Gasteiger partial charge in [0.25, 0.3) is 0 Å². The van der Waals surface area contributed by atoms with Crippen molar-refractivity contribution in [2.75, 3.05) is 6.79 Å². The molecule has 2 atom stereocenters. The number of carbonyl (C=O) groups is 3. The van der Waals surface area contributed by atoms with Crippen molar-refractivity contribution < 1.29 is 44.7 Å². The van der Waals surface area contributed by atoms with Gasteiger partial charge in [0.05, 0.1) is 12.2 Å². The maximum absolute atomic E-state index is 10.3. The van der Waals surface area contributed by atoms with Gasteiger partial charge in [0.1, 0.15) is 0 Å². The number of carbonyl (C=O) groups excluding carboxylic acids is 3. The molecule has 9 nitrogen and oxygen atoms in total. The zero-order valence-electron chi connectivity index (χ0n) is 13.7. The van der Waals surface area contributed by atoms with Crippen LogP contribution in [0.5, 0.6) is 0 Å². The van der Waals surface area contributed by atoms with Crippen LogP contribution in [0.3, 0.4) is 0 Å². The second kappa shape index (κ2) is 21.5. The molecule has 10 heteroatoms. The predicted octanol–water partition coefficient (Wildman–Crippen LogP) is -3.09. The van der Waals surface area contributed by atoms with Crippen molar-refractivity contribution >= 4 is 55.6 Å². The van der Waals surface area contributed by atoms with Crippen LogP contribution in [-0.4, -0.2) is 90.0 Å². The zero-order chi connectivity index (χ0) is 18.1. The van der Waals surface area contributed by atoms with Gasteiger partial charge >= 0.3 is 43.7 Å². The van der Waals surface area contributed by atoms with E-state index < -0.39 is 30.9 Å². The Hall–Kier alpha value is -0.450. The number of esters is 1. The normalized spacial score (nSPS) is 11.2. The van der Waals surface area contributed by atoms with Crippen LogP contribution in [0.4, 0.5) is 0 Å². The zero-order valence-corrected chi connectivity index (χ0v) is 15.9. The largest absolute Gasteiger partial charge is 2.00 e. The van der Waals surface area contributed by atoms with Gasteiger partial charge in [-0.25, -0.2) is 0 Å². The van der Waals surface area contributed by atoms with Gasteiger partial charge in [0.15, 0.2) is 6.79 Å². The van der Waals surface area contributed by atoms with E-state index in [1.807, 2.05) is 6.92 Å². The smallest absolute Gasteiger partial charge is 0.550 e. The number of carboxylic acid groups (broad SMARTS) is 2. The average Bonchev–Trinajstić information content (AvgIpc) is 2.26. The summed E-state index contributed by atoms with van der Waals surface area (Å²) in [6.07, 6.45) is -0.977. The molecule has 0 aromatic carbocycles. The van der Waals surface area contributed by atoms with Crippen molar-refractivity contribution in [3.63, 3.8) is 0 Å². The minimum Gasteiger partial charge on any atom is -0.550 e. The van der Waals surface area contributed by atoms with Crippen LogP contribution in [0.2, 0.25) is 0 Å². The summed E-state index contributed by atoms with van der Waals surface area (Å²) in [5.74, 6) is -2.76. The molecule has 0 aromatic rings. The Morgan fingerprint density at radius 1 is 1.00 bits per heavy atom. The van der Waals surface area contributed by atoms with Crippen LogP contribution in [0.15, 0.2) is 0 Å². The van der Waals surface area contributed by atoms with E-state index >= 15 is 0 Å². The summed E-state index contributed by atoms with van der Waals surface area (Å²) in [5, 5.41) is 43.7. The SMILES string of the molecule is CC(O)CC(=O)[O-].CC(O)CC(=O)[O-].CCCC(=O)OCO.[Ca+2]. The van der Waals surface area contributed by atoms with E-state index in [9.17, 15) is 24.6 Å².